The Labute approximate surface area is 208 Å². The Balaban J connectivity index is 1.78. The second-order valence-electron chi connectivity index (χ2n) is 9.23. The third-order valence-corrected chi connectivity index (χ3v) is 7.33. The monoisotopic (exact) mass is 466 g/mol. The van der Waals surface area contributed by atoms with Gasteiger partial charge in [-0.25, -0.2) is 0 Å². The first kappa shape index (κ1) is 20.6. The van der Waals surface area contributed by atoms with Gasteiger partial charge in [-0.05, 0) is 34.0 Å². The van der Waals surface area contributed by atoms with Crippen LogP contribution in [0.25, 0.3) is 21.5 Å². The molecule has 1 heterocycles. The van der Waals surface area contributed by atoms with Gasteiger partial charge in [-0.2, -0.15) is 0 Å². The topological polar surface area (TPSA) is 49.7 Å². The minimum atomic E-state index is -1.02. The molecule has 0 aromatic heterocycles. The minimum Gasteiger partial charge on any atom is -0.507 e. The van der Waals surface area contributed by atoms with Gasteiger partial charge in [0.05, 0.1) is 16.5 Å². The van der Waals surface area contributed by atoms with Crippen molar-refractivity contribution < 1.29 is 14.9 Å². The van der Waals surface area contributed by atoms with Crippen molar-refractivity contribution in [3.05, 3.63) is 144 Å². The minimum absolute atomic E-state index is 0.120. The number of benzene rings is 6. The summed E-state index contributed by atoms with van der Waals surface area (Å²) in [6.07, 6.45) is 0. The Morgan fingerprint density at radius 2 is 0.861 bits per heavy atom. The summed E-state index contributed by atoms with van der Waals surface area (Å²) in [5.74, 6) is 1.44. The van der Waals surface area contributed by atoms with Gasteiger partial charge in [0.2, 0.25) is 0 Å². The van der Waals surface area contributed by atoms with Crippen molar-refractivity contribution in [2.45, 2.75) is 5.41 Å². The van der Waals surface area contributed by atoms with Crippen LogP contribution in [0.3, 0.4) is 0 Å². The number of phenolic OH excluding ortho intramolecular Hbond substituents is 2. The van der Waals surface area contributed by atoms with E-state index in [0.717, 1.165) is 32.7 Å². The predicted octanol–water partition coefficient (Wildman–Crippen LogP) is 7.89. The summed E-state index contributed by atoms with van der Waals surface area (Å²) in [6, 6.07) is 39.5. The van der Waals surface area contributed by atoms with Gasteiger partial charge in [0.1, 0.15) is 23.0 Å². The van der Waals surface area contributed by atoms with Crippen LogP contribution in [0.1, 0.15) is 22.3 Å². The van der Waals surface area contributed by atoms with E-state index in [1.54, 1.807) is 12.1 Å². The molecule has 0 fully saturated rings. The van der Waals surface area contributed by atoms with Gasteiger partial charge < -0.3 is 14.9 Å². The van der Waals surface area contributed by atoms with E-state index in [9.17, 15) is 10.2 Å². The average molecular weight is 467 g/mol. The smallest absolute Gasteiger partial charge is 0.143 e. The van der Waals surface area contributed by atoms with Crippen molar-refractivity contribution in [3.8, 4) is 23.0 Å². The molecule has 6 aromatic carbocycles. The standard InChI is InChI=1S/C33H22O3/c34-27-19-21-11-7-9-17-25(21)31-29(27)33(23-13-3-1-4-14-23,24-15-5-2-6-16-24)30-28(35)20-22-12-8-10-18-26(22)32(30)36-31/h1-20,34-35H. The lowest BCUT2D eigenvalue weighted by molar-refractivity contribution is 0.397. The van der Waals surface area contributed by atoms with Crippen molar-refractivity contribution in [2.75, 3.05) is 0 Å². The van der Waals surface area contributed by atoms with Gasteiger partial charge in [0.25, 0.3) is 0 Å². The van der Waals surface area contributed by atoms with E-state index in [-0.39, 0.29) is 11.5 Å². The van der Waals surface area contributed by atoms with Crippen LogP contribution in [0.15, 0.2) is 121 Å². The average Bonchev–Trinajstić information content (AvgIpc) is 2.93. The Morgan fingerprint density at radius 1 is 0.472 bits per heavy atom. The molecular weight excluding hydrogens is 444 g/mol. The molecule has 3 heteroatoms. The number of rotatable bonds is 2. The first-order valence-electron chi connectivity index (χ1n) is 12.0. The summed E-state index contributed by atoms with van der Waals surface area (Å²) >= 11 is 0. The maximum atomic E-state index is 11.7. The molecule has 36 heavy (non-hydrogen) atoms. The predicted molar refractivity (Wildman–Crippen MR) is 143 cm³/mol. The zero-order chi connectivity index (χ0) is 24.3. The van der Waals surface area contributed by atoms with Crippen LogP contribution in [0, 0.1) is 0 Å². The molecule has 0 atom stereocenters. The van der Waals surface area contributed by atoms with Crippen LogP contribution in [0.5, 0.6) is 23.0 Å². The second kappa shape index (κ2) is 7.62. The van der Waals surface area contributed by atoms with E-state index in [2.05, 4.69) is 24.3 Å². The van der Waals surface area contributed by atoms with E-state index < -0.39 is 5.41 Å². The zero-order valence-corrected chi connectivity index (χ0v) is 19.3. The molecule has 1 aliphatic rings. The molecule has 0 aliphatic carbocycles. The fraction of sp³-hybridized carbons (Fsp3) is 0.0303. The highest BCUT2D eigenvalue weighted by molar-refractivity contribution is 5.99. The van der Waals surface area contributed by atoms with Crippen molar-refractivity contribution in [2.24, 2.45) is 0 Å². The Kier molecular flexibility index (Phi) is 4.36. The molecule has 3 nitrogen and oxygen atoms in total. The SMILES string of the molecule is Oc1cc2ccccc2c2c1C(c1ccccc1)(c1ccccc1)c1c(O)cc3ccccc3c1O2. The van der Waals surface area contributed by atoms with Gasteiger partial charge in [0.15, 0.2) is 0 Å². The third kappa shape index (κ3) is 2.68. The van der Waals surface area contributed by atoms with E-state index in [0.29, 0.717) is 22.6 Å². The lowest BCUT2D eigenvalue weighted by Crippen LogP contribution is -2.34. The van der Waals surface area contributed by atoms with Crippen molar-refractivity contribution in [1.29, 1.82) is 0 Å². The molecule has 0 saturated heterocycles. The number of fused-ring (bicyclic) bond motifs is 6. The van der Waals surface area contributed by atoms with Gasteiger partial charge in [-0.15, -0.1) is 0 Å². The lowest BCUT2D eigenvalue weighted by atomic mass is 9.62. The molecular formula is C33H22O3. The van der Waals surface area contributed by atoms with Crippen LogP contribution in [-0.4, -0.2) is 10.2 Å². The van der Waals surface area contributed by atoms with Gasteiger partial charge in [0, 0.05) is 10.8 Å². The van der Waals surface area contributed by atoms with Crippen LogP contribution < -0.4 is 4.74 Å². The quantitative estimate of drug-likeness (QED) is 0.272. The van der Waals surface area contributed by atoms with Crippen LogP contribution in [0.2, 0.25) is 0 Å². The molecule has 1 aliphatic heterocycles. The number of hydrogen-bond acceptors (Lipinski definition) is 3. The van der Waals surface area contributed by atoms with E-state index in [1.165, 1.54) is 0 Å². The molecule has 0 bridgehead atoms. The Bertz CT molecular complexity index is 1640. The Morgan fingerprint density at radius 3 is 1.31 bits per heavy atom. The second-order valence-corrected chi connectivity index (χ2v) is 9.23. The Hall–Kier alpha value is -4.76. The number of hydrogen-bond donors (Lipinski definition) is 2. The van der Waals surface area contributed by atoms with Crippen molar-refractivity contribution in [3.63, 3.8) is 0 Å². The third-order valence-electron chi connectivity index (χ3n) is 7.33. The normalized spacial score (nSPS) is 13.7. The molecule has 0 unspecified atom stereocenters. The molecule has 6 aromatic rings. The molecule has 0 radical (unpaired) electrons. The van der Waals surface area contributed by atoms with E-state index >= 15 is 0 Å². The summed E-state index contributed by atoms with van der Waals surface area (Å²) in [7, 11) is 0. The molecule has 0 saturated carbocycles. The fourth-order valence-corrected chi connectivity index (χ4v) is 5.88. The molecule has 172 valence electrons. The first-order valence-corrected chi connectivity index (χ1v) is 12.0. The molecule has 2 N–H and O–H groups in total. The molecule has 7 rings (SSSR count). The van der Waals surface area contributed by atoms with Crippen LogP contribution >= 0.6 is 0 Å². The largest absolute Gasteiger partial charge is 0.507 e. The maximum absolute atomic E-state index is 11.7. The van der Waals surface area contributed by atoms with E-state index in [4.69, 9.17) is 4.74 Å². The van der Waals surface area contributed by atoms with Gasteiger partial charge >= 0.3 is 0 Å². The highest BCUT2D eigenvalue weighted by atomic mass is 16.5. The summed E-state index contributed by atoms with van der Waals surface area (Å²) in [4.78, 5) is 0. The van der Waals surface area contributed by atoms with E-state index in [1.807, 2.05) is 84.9 Å². The summed E-state index contributed by atoms with van der Waals surface area (Å²) in [6.45, 7) is 0. The number of aromatic hydroxyl groups is 2. The van der Waals surface area contributed by atoms with Crippen LogP contribution in [-0.2, 0) is 5.41 Å². The highest BCUT2D eigenvalue weighted by Gasteiger charge is 2.50. The maximum Gasteiger partial charge on any atom is 0.143 e. The summed E-state index contributed by atoms with van der Waals surface area (Å²) in [5, 5.41) is 26.9. The summed E-state index contributed by atoms with van der Waals surface area (Å²) in [5.41, 5.74) is 2.08. The number of ether oxygens (including phenoxy) is 1. The van der Waals surface area contributed by atoms with Gasteiger partial charge in [-0.1, -0.05) is 109 Å². The van der Waals surface area contributed by atoms with Crippen LogP contribution in [0.4, 0.5) is 0 Å². The molecule has 0 amide bonds. The first-order chi connectivity index (χ1) is 17.7. The number of phenols is 2. The lowest BCUT2D eigenvalue weighted by Gasteiger charge is -2.42. The van der Waals surface area contributed by atoms with Crippen molar-refractivity contribution in [1.82, 2.24) is 0 Å². The molecule has 0 spiro atoms. The van der Waals surface area contributed by atoms with Crippen molar-refractivity contribution >= 4 is 21.5 Å². The zero-order valence-electron chi connectivity index (χ0n) is 19.3. The summed E-state index contributed by atoms with van der Waals surface area (Å²) < 4.78 is 6.74. The van der Waals surface area contributed by atoms with Gasteiger partial charge in [-0.3, -0.25) is 0 Å². The fourth-order valence-electron chi connectivity index (χ4n) is 5.88. The highest BCUT2D eigenvalue weighted by Crippen LogP contribution is 2.62.